The Morgan fingerprint density at radius 1 is 0.844 bits per heavy atom. The number of fused-ring (bicyclic) bond motifs is 1. The highest BCUT2D eigenvalue weighted by Gasteiger charge is 2.43. The lowest BCUT2D eigenvalue weighted by molar-refractivity contribution is -0.120. The Bertz CT molecular complexity index is 1250. The normalized spacial score (nSPS) is 15.9. The quantitative estimate of drug-likeness (QED) is 0.585. The molecule has 32 heavy (non-hydrogen) atoms. The fraction of sp³-hybridized carbons (Fsp3) is 0.154. The Labute approximate surface area is 185 Å². The van der Waals surface area contributed by atoms with Crippen LogP contribution in [-0.4, -0.2) is 30.4 Å². The molecule has 2 amide bonds. The summed E-state index contributed by atoms with van der Waals surface area (Å²) in [5, 5.41) is 0. The molecule has 2 aliphatic heterocycles. The fourth-order valence-electron chi connectivity index (χ4n) is 4.37. The van der Waals surface area contributed by atoms with Crippen molar-refractivity contribution in [2.24, 2.45) is 0 Å². The van der Waals surface area contributed by atoms with E-state index in [0.717, 1.165) is 16.9 Å². The molecule has 2 aliphatic rings. The van der Waals surface area contributed by atoms with Crippen molar-refractivity contribution >= 4 is 23.1 Å². The SMILES string of the molecule is COc1ccc(C2=C(N3CCc4ccccc4C3)C(=O)N(c3ccccc3F)C2=O)cc1. The summed E-state index contributed by atoms with van der Waals surface area (Å²) in [4.78, 5) is 30.0. The summed E-state index contributed by atoms with van der Waals surface area (Å²) >= 11 is 0. The zero-order valence-corrected chi connectivity index (χ0v) is 17.5. The lowest BCUT2D eigenvalue weighted by Crippen LogP contribution is -2.37. The van der Waals surface area contributed by atoms with Crippen molar-refractivity contribution in [2.75, 3.05) is 18.6 Å². The predicted molar refractivity (Wildman–Crippen MR) is 119 cm³/mol. The van der Waals surface area contributed by atoms with Crippen LogP contribution in [0.1, 0.15) is 16.7 Å². The lowest BCUT2D eigenvalue weighted by atomic mass is 9.98. The molecule has 0 bridgehead atoms. The average molecular weight is 428 g/mol. The third-order valence-corrected chi connectivity index (χ3v) is 5.98. The molecule has 0 aromatic heterocycles. The van der Waals surface area contributed by atoms with Crippen molar-refractivity contribution in [3.63, 3.8) is 0 Å². The van der Waals surface area contributed by atoms with Crippen LogP contribution in [0, 0.1) is 5.82 Å². The van der Waals surface area contributed by atoms with Crippen molar-refractivity contribution in [2.45, 2.75) is 13.0 Å². The Balaban J connectivity index is 1.63. The van der Waals surface area contributed by atoms with Crippen molar-refractivity contribution in [1.29, 1.82) is 0 Å². The van der Waals surface area contributed by atoms with Gasteiger partial charge in [-0.1, -0.05) is 48.5 Å². The monoisotopic (exact) mass is 428 g/mol. The van der Waals surface area contributed by atoms with Crippen LogP contribution in [0.4, 0.5) is 10.1 Å². The third kappa shape index (κ3) is 3.24. The van der Waals surface area contributed by atoms with E-state index in [9.17, 15) is 14.0 Å². The number of carbonyl (C=O) groups excluding carboxylic acids is 2. The van der Waals surface area contributed by atoms with Crippen LogP contribution in [0.5, 0.6) is 5.75 Å². The zero-order valence-electron chi connectivity index (χ0n) is 17.5. The number of carbonyl (C=O) groups is 2. The molecule has 0 unspecified atom stereocenters. The van der Waals surface area contributed by atoms with Crippen LogP contribution in [0.25, 0.3) is 5.57 Å². The van der Waals surface area contributed by atoms with Gasteiger partial charge in [0.15, 0.2) is 0 Å². The third-order valence-electron chi connectivity index (χ3n) is 5.98. The second-order valence-electron chi connectivity index (χ2n) is 7.79. The second kappa shape index (κ2) is 7.96. The van der Waals surface area contributed by atoms with Gasteiger partial charge in [0.05, 0.1) is 18.4 Å². The van der Waals surface area contributed by atoms with E-state index in [1.807, 2.05) is 23.1 Å². The summed E-state index contributed by atoms with van der Waals surface area (Å²) in [6, 6.07) is 20.9. The largest absolute Gasteiger partial charge is 0.497 e. The Hall–Kier alpha value is -3.93. The fourth-order valence-corrected chi connectivity index (χ4v) is 4.37. The van der Waals surface area contributed by atoms with Gasteiger partial charge in [0.2, 0.25) is 0 Å². The zero-order chi connectivity index (χ0) is 22.2. The highest BCUT2D eigenvalue weighted by Crippen LogP contribution is 2.37. The van der Waals surface area contributed by atoms with Crippen LogP contribution in [0.2, 0.25) is 0 Å². The van der Waals surface area contributed by atoms with Gasteiger partial charge >= 0.3 is 0 Å². The van der Waals surface area contributed by atoms with Crippen LogP contribution >= 0.6 is 0 Å². The molecule has 0 aliphatic carbocycles. The topological polar surface area (TPSA) is 49.9 Å². The number of hydrogen-bond acceptors (Lipinski definition) is 4. The maximum atomic E-state index is 14.6. The summed E-state index contributed by atoms with van der Waals surface area (Å²) in [6.07, 6.45) is 0.761. The van der Waals surface area contributed by atoms with E-state index >= 15 is 0 Å². The van der Waals surface area contributed by atoms with E-state index in [0.29, 0.717) is 30.1 Å². The summed E-state index contributed by atoms with van der Waals surface area (Å²) in [6.45, 7) is 1.10. The maximum Gasteiger partial charge on any atom is 0.282 e. The first kappa shape index (κ1) is 20.0. The van der Waals surface area contributed by atoms with Gasteiger partial charge in [-0.3, -0.25) is 9.59 Å². The minimum absolute atomic E-state index is 0.0408. The van der Waals surface area contributed by atoms with Gasteiger partial charge in [-0.25, -0.2) is 9.29 Å². The van der Waals surface area contributed by atoms with Gasteiger partial charge in [-0.15, -0.1) is 0 Å². The molecule has 2 heterocycles. The Kier molecular flexibility index (Phi) is 4.98. The maximum absolute atomic E-state index is 14.6. The van der Waals surface area contributed by atoms with Crippen LogP contribution < -0.4 is 9.64 Å². The molecular weight excluding hydrogens is 407 g/mol. The van der Waals surface area contributed by atoms with Gasteiger partial charge < -0.3 is 9.64 Å². The van der Waals surface area contributed by atoms with Crippen LogP contribution in [0.3, 0.4) is 0 Å². The van der Waals surface area contributed by atoms with Gasteiger partial charge in [-0.05, 0) is 47.4 Å². The Morgan fingerprint density at radius 3 is 2.25 bits per heavy atom. The molecule has 160 valence electrons. The second-order valence-corrected chi connectivity index (χ2v) is 7.79. The molecule has 3 aromatic carbocycles. The van der Waals surface area contributed by atoms with E-state index in [4.69, 9.17) is 4.74 Å². The molecular formula is C26H21FN2O3. The molecule has 0 atom stereocenters. The summed E-state index contributed by atoms with van der Waals surface area (Å²) in [5.41, 5.74) is 3.49. The van der Waals surface area contributed by atoms with E-state index in [1.54, 1.807) is 37.4 Å². The number of hydrogen-bond donors (Lipinski definition) is 0. The number of halogens is 1. The highest BCUT2D eigenvalue weighted by atomic mass is 19.1. The first-order chi connectivity index (χ1) is 15.6. The number of amides is 2. The molecule has 0 radical (unpaired) electrons. The lowest BCUT2D eigenvalue weighted by Gasteiger charge is -2.31. The molecule has 0 fully saturated rings. The number of rotatable bonds is 4. The minimum atomic E-state index is -0.617. The standard InChI is InChI=1S/C26H21FN2O3/c1-32-20-12-10-18(11-13-20)23-24(28-15-14-17-6-2-3-7-19(17)16-28)26(31)29(25(23)30)22-9-5-4-8-21(22)27/h2-13H,14-16H2,1H3. The predicted octanol–water partition coefficient (Wildman–Crippen LogP) is 4.18. The average Bonchev–Trinajstić information content (AvgIpc) is 3.09. The molecule has 5 rings (SSSR count). The van der Waals surface area contributed by atoms with E-state index < -0.39 is 17.6 Å². The van der Waals surface area contributed by atoms with Crippen molar-refractivity contribution < 1.29 is 18.7 Å². The number of nitrogens with zero attached hydrogens (tertiary/aromatic N) is 2. The van der Waals surface area contributed by atoms with E-state index in [2.05, 4.69) is 6.07 Å². The summed E-state index contributed by atoms with van der Waals surface area (Å²) in [7, 11) is 1.56. The summed E-state index contributed by atoms with van der Waals surface area (Å²) in [5.74, 6) is -1.01. The Morgan fingerprint density at radius 2 is 1.53 bits per heavy atom. The summed E-state index contributed by atoms with van der Waals surface area (Å²) < 4.78 is 19.8. The molecule has 0 N–H and O–H groups in total. The molecule has 0 saturated carbocycles. The number of anilines is 1. The first-order valence-electron chi connectivity index (χ1n) is 10.4. The number of ether oxygens (including phenoxy) is 1. The van der Waals surface area contributed by atoms with Gasteiger partial charge in [0, 0.05) is 13.1 Å². The van der Waals surface area contributed by atoms with Gasteiger partial charge in [0.25, 0.3) is 11.8 Å². The van der Waals surface area contributed by atoms with Crippen LogP contribution in [-0.2, 0) is 22.6 Å². The van der Waals surface area contributed by atoms with E-state index in [1.165, 1.54) is 23.8 Å². The molecule has 0 spiro atoms. The van der Waals surface area contributed by atoms with Gasteiger partial charge in [0.1, 0.15) is 17.3 Å². The molecule has 0 saturated heterocycles. The highest BCUT2D eigenvalue weighted by molar-refractivity contribution is 6.45. The smallest absolute Gasteiger partial charge is 0.282 e. The van der Waals surface area contributed by atoms with Crippen molar-refractivity contribution in [3.8, 4) is 5.75 Å². The first-order valence-corrected chi connectivity index (χ1v) is 10.4. The molecule has 5 nitrogen and oxygen atoms in total. The van der Waals surface area contributed by atoms with Crippen LogP contribution in [0.15, 0.2) is 78.5 Å². The minimum Gasteiger partial charge on any atom is -0.497 e. The van der Waals surface area contributed by atoms with E-state index in [-0.39, 0.29) is 11.3 Å². The van der Waals surface area contributed by atoms with Gasteiger partial charge in [-0.2, -0.15) is 0 Å². The molecule has 3 aromatic rings. The number of para-hydroxylation sites is 1. The number of methoxy groups -OCH3 is 1. The van der Waals surface area contributed by atoms with Crippen molar-refractivity contribution in [3.05, 3.63) is 101 Å². The molecule has 6 heteroatoms. The number of benzene rings is 3. The van der Waals surface area contributed by atoms with Crippen molar-refractivity contribution in [1.82, 2.24) is 4.90 Å². The number of imide groups is 1.